The van der Waals surface area contributed by atoms with E-state index < -0.39 is 0 Å². The highest BCUT2D eigenvalue weighted by molar-refractivity contribution is 5.72. The minimum Gasteiger partial charge on any atom is -0.461 e. The quantitative estimate of drug-likeness (QED) is 0.590. The van der Waals surface area contributed by atoms with Crippen molar-refractivity contribution in [3.63, 3.8) is 0 Å². The van der Waals surface area contributed by atoms with Crippen LogP contribution in [0.4, 0.5) is 0 Å². The zero-order valence-electron chi connectivity index (χ0n) is 19.0. The zero-order chi connectivity index (χ0) is 21.8. The first-order valence-electron chi connectivity index (χ1n) is 11.6. The molecule has 4 nitrogen and oxygen atoms in total. The Morgan fingerprint density at radius 2 is 1.74 bits per heavy atom. The van der Waals surface area contributed by atoms with Gasteiger partial charge in [-0.05, 0) is 35.3 Å². The molecular formula is C27H35NO3. The van der Waals surface area contributed by atoms with Gasteiger partial charge in [0.25, 0.3) is 0 Å². The Bertz CT molecular complexity index is 851. The summed E-state index contributed by atoms with van der Waals surface area (Å²) in [4.78, 5) is 15.1. The van der Waals surface area contributed by atoms with Crippen molar-refractivity contribution >= 4 is 5.97 Å². The number of rotatable bonds is 6. The third-order valence-corrected chi connectivity index (χ3v) is 7.27. The third kappa shape index (κ3) is 5.02. The van der Waals surface area contributed by atoms with Crippen LogP contribution in [0.25, 0.3) is 0 Å². The molecule has 1 aliphatic carbocycles. The van der Waals surface area contributed by atoms with E-state index in [0.29, 0.717) is 25.2 Å². The van der Waals surface area contributed by atoms with Crippen LogP contribution in [0.15, 0.2) is 60.7 Å². The van der Waals surface area contributed by atoms with E-state index in [1.165, 1.54) is 17.5 Å². The molecule has 1 saturated heterocycles. The molecular weight excluding hydrogens is 386 g/mol. The van der Waals surface area contributed by atoms with Crippen LogP contribution < -0.4 is 0 Å². The van der Waals surface area contributed by atoms with Gasteiger partial charge in [0.2, 0.25) is 0 Å². The van der Waals surface area contributed by atoms with Crippen molar-refractivity contribution in [1.29, 1.82) is 0 Å². The lowest BCUT2D eigenvalue weighted by Crippen LogP contribution is -2.44. The molecule has 4 atom stereocenters. The van der Waals surface area contributed by atoms with Gasteiger partial charge in [-0.25, -0.2) is 0 Å². The normalized spacial score (nSPS) is 27.2. The third-order valence-electron chi connectivity index (χ3n) is 7.27. The van der Waals surface area contributed by atoms with Crippen molar-refractivity contribution in [3.05, 3.63) is 71.8 Å². The summed E-state index contributed by atoms with van der Waals surface area (Å²) in [5.41, 5.74) is 2.45. The Balaban J connectivity index is 1.45. The fraction of sp³-hybridized carbons (Fsp3) is 0.519. The zero-order valence-corrected chi connectivity index (χ0v) is 19.0. The molecule has 4 rings (SSSR count). The molecule has 2 fully saturated rings. The van der Waals surface area contributed by atoms with Crippen molar-refractivity contribution in [1.82, 2.24) is 4.90 Å². The van der Waals surface area contributed by atoms with E-state index in [9.17, 15) is 4.79 Å². The number of carbonyl (C=O) groups excluding carboxylic acids is 1. The standard InChI is InChI=1S/C27H35NO3/c1-20-14-15-23(27(2,3)22-12-8-5-9-13-22)25(16-20)31-26(29)17-28-19-30-18-24(28)21-10-6-4-7-11-21/h4-13,20,23-25H,14-19H2,1-3H3/t20-,23-,24+,25-/m1/s1. The van der Waals surface area contributed by atoms with Gasteiger partial charge in [-0.2, -0.15) is 0 Å². The fourth-order valence-electron chi connectivity index (χ4n) is 5.35. The number of ether oxygens (including phenoxy) is 2. The Kier molecular flexibility index (Phi) is 6.78. The summed E-state index contributed by atoms with van der Waals surface area (Å²) in [5.74, 6) is 0.752. The smallest absolute Gasteiger partial charge is 0.320 e. The summed E-state index contributed by atoms with van der Waals surface area (Å²) in [6, 6.07) is 21.0. The average molecular weight is 422 g/mol. The maximum absolute atomic E-state index is 13.0. The molecule has 1 saturated carbocycles. The number of esters is 1. The van der Waals surface area contributed by atoms with Crippen LogP contribution in [0.1, 0.15) is 57.2 Å². The molecule has 1 heterocycles. The van der Waals surface area contributed by atoms with Gasteiger partial charge in [0, 0.05) is 5.92 Å². The molecule has 1 aliphatic heterocycles. The maximum atomic E-state index is 13.0. The van der Waals surface area contributed by atoms with Gasteiger partial charge < -0.3 is 9.47 Å². The second-order valence-corrected chi connectivity index (χ2v) is 9.81. The average Bonchev–Trinajstić information content (AvgIpc) is 3.23. The molecule has 2 aliphatic rings. The molecule has 4 heteroatoms. The molecule has 2 aromatic rings. The lowest BCUT2D eigenvalue weighted by atomic mass is 9.64. The predicted molar refractivity (Wildman–Crippen MR) is 123 cm³/mol. The minimum absolute atomic E-state index is 0.0460. The van der Waals surface area contributed by atoms with Crippen LogP contribution in [-0.4, -0.2) is 36.9 Å². The van der Waals surface area contributed by atoms with E-state index in [0.717, 1.165) is 12.8 Å². The lowest BCUT2D eigenvalue weighted by Gasteiger charge is -2.44. The summed E-state index contributed by atoms with van der Waals surface area (Å²) in [6.07, 6.45) is 3.15. The van der Waals surface area contributed by atoms with Gasteiger partial charge in [0.1, 0.15) is 12.8 Å². The van der Waals surface area contributed by atoms with Crippen molar-refractivity contribution in [2.45, 2.75) is 57.6 Å². The molecule has 0 bridgehead atoms. The van der Waals surface area contributed by atoms with Crippen molar-refractivity contribution in [3.8, 4) is 0 Å². The monoisotopic (exact) mass is 421 g/mol. The number of carbonyl (C=O) groups is 1. The van der Waals surface area contributed by atoms with Gasteiger partial charge in [-0.3, -0.25) is 9.69 Å². The van der Waals surface area contributed by atoms with E-state index >= 15 is 0 Å². The first-order valence-corrected chi connectivity index (χ1v) is 11.6. The summed E-state index contributed by atoms with van der Waals surface area (Å²) in [6.45, 7) is 8.21. The topological polar surface area (TPSA) is 38.8 Å². The molecule has 166 valence electrons. The molecule has 0 amide bonds. The number of benzene rings is 2. The molecule has 0 spiro atoms. The minimum atomic E-state index is -0.139. The predicted octanol–water partition coefficient (Wildman–Crippen LogP) is 5.34. The summed E-state index contributed by atoms with van der Waals surface area (Å²) in [7, 11) is 0. The maximum Gasteiger partial charge on any atom is 0.320 e. The van der Waals surface area contributed by atoms with Crippen molar-refractivity contribution in [2.75, 3.05) is 19.9 Å². The first kappa shape index (κ1) is 22.0. The second kappa shape index (κ2) is 9.54. The van der Waals surface area contributed by atoms with Crippen LogP contribution in [0.5, 0.6) is 0 Å². The van der Waals surface area contributed by atoms with Gasteiger partial charge in [-0.1, -0.05) is 87.9 Å². The highest BCUT2D eigenvalue weighted by Crippen LogP contribution is 2.43. The molecule has 0 aromatic heterocycles. The number of hydrogen-bond donors (Lipinski definition) is 0. The van der Waals surface area contributed by atoms with Crippen molar-refractivity contribution in [2.24, 2.45) is 11.8 Å². The Morgan fingerprint density at radius 1 is 1.06 bits per heavy atom. The molecule has 0 N–H and O–H groups in total. The largest absolute Gasteiger partial charge is 0.461 e. The van der Waals surface area contributed by atoms with Crippen LogP contribution in [-0.2, 0) is 19.7 Å². The summed E-state index contributed by atoms with van der Waals surface area (Å²) in [5, 5.41) is 0. The van der Waals surface area contributed by atoms with Crippen LogP contribution >= 0.6 is 0 Å². The van der Waals surface area contributed by atoms with Crippen LogP contribution in [0.2, 0.25) is 0 Å². The van der Waals surface area contributed by atoms with Gasteiger partial charge >= 0.3 is 5.97 Å². The van der Waals surface area contributed by atoms with E-state index in [-0.39, 0.29) is 30.1 Å². The van der Waals surface area contributed by atoms with E-state index in [4.69, 9.17) is 9.47 Å². The van der Waals surface area contributed by atoms with Gasteiger partial charge in [0.05, 0.1) is 19.2 Å². The summed E-state index contributed by atoms with van der Waals surface area (Å²) >= 11 is 0. The Hall–Kier alpha value is -2.17. The fourth-order valence-corrected chi connectivity index (χ4v) is 5.35. The first-order chi connectivity index (χ1) is 14.9. The lowest BCUT2D eigenvalue weighted by molar-refractivity contribution is -0.158. The summed E-state index contributed by atoms with van der Waals surface area (Å²) < 4.78 is 11.9. The van der Waals surface area contributed by atoms with Crippen LogP contribution in [0, 0.1) is 11.8 Å². The Labute approximate surface area is 186 Å². The molecule has 0 radical (unpaired) electrons. The highest BCUT2D eigenvalue weighted by Gasteiger charge is 2.42. The van der Waals surface area contributed by atoms with Gasteiger partial charge in [-0.15, -0.1) is 0 Å². The second-order valence-electron chi connectivity index (χ2n) is 9.81. The van der Waals surface area contributed by atoms with E-state index in [2.05, 4.69) is 68.1 Å². The van der Waals surface area contributed by atoms with Crippen molar-refractivity contribution < 1.29 is 14.3 Å². The van der Waals surface area contributed by atoms with E-state index in [1.54, 1.807) is 0 Å². The van der Waals surface area contributed by atoms with E-state index in [1.807, 2.05) is 18.2 Å². The SMILES string of the molecule is C[C@@H]1CC[C@@H](C(C)(C)c2ccccc2)[C@H](OC(=O)CN2COC[C@H]2c2ccccc2)C1. The van der Waals surface area contributed by atoms with Crippen LogP contribution in [0.3, 0.4) is 0 Å². The number of hydrogen-bond acceptors (Lipinski definition) is 4. The highest BCUT2D eigenvalue weighted by atomic mass is 16.5. The van der Waals surface area contributed by atoms with Gasteiger partial charge in [0.15, 0.2) is 0 Å². The molecule has 31 heavy (non-hydrogen) atoms. The number of nitrogens with zero attached hydrogens (tertiary/aromatic N) is 1. The molecule has 0 unspecified atom stereocenters. The Morgan fingerprint density at radius 3 is 2.45 bits per heavy atom. The molecule has 2 aromatic carbocycles.